The molecule has 0 saturated carbocycles. The van der Waals surface area contributed by atoms with Crippen LogP contribution in [0.4, 0.5) is 11.4 Å². The van der Waals surface area contributed by atoms with Crippen LogP contribution in [0, 0.1) is 0 Å². The van der Waals surface area contributed by atoms with Gasteiger partial charge in [0.2, 0.25) is 0 Å². The van der Waals surface area contributed by atoms with Crippen LogP contribution in [-0.4, -0.2) is 50.2 Å². The summed E-state index contributed by atoms with van der Waals surface area (Å²) in [5, 5.41) is 0. The smallest absolute Gasteiger partial charge is 0.338 e. The number of nitrogens with zero attached hydrogens (tertiary/aromatic N) is 2. The molecule has 1 heterocycles. The molecule has 5 nitrogen and oxygen atoms in total. The van der Waals surface area contributed by atoms with E-state index in [1.165, 1.54) is 0 Å². The van der Waals surface area contributed by atoms with Crippen LogP contribution in [0.2, 0.25) is 0 Å². The van der Waals surface area contributed by atoms with Crippen molar-refractivity contribution in [3.63, 3.8) is 0 Å². The lowest BCUT2D eigenvalue weighted by Crippen LogP contribution is -2.50. The van der Waals surface area contributed by atoms with Crippen LogP contribution < -0.4 is 10.6 Å². The second kappa shape index (κ2) is 6.13. The summed E-state index contributed by atoms with van der Waals surface area (Å²) < 4.78 is 5.04. The fraction of sp³-hybridized carbons (Fsp3) is 0.533. The molecule has 0 amide bonds. The number of nitrogen functional groups attached to an aromatic ring is 1. The predicted octanol–water partition coefficient (Wildman–Crippen LogP) is 1.59. The van der Waals surface area contributed by atoms with E-state index in [2.05, 4.69) is 23.8 Å². The summed E-state index contributed by atoms with van der Waals surface area (Å²) in [4.78, 5) is 16.4. The van der Waals surface area contributed by atoms with E-state index in [1.54, 1.807) is 19.1 Å². The van der Waals surface area contributed by atoms with Crippen LogP contribution in [0.3, 0.4) is 0 Å². The summed E-state index contributed by atoms with van der Waals surface area (Å²) in [5.41, 5.74) is 8.26. The number of benzene rings is 1. The van der Waals surface area contributed by atoms with Gasteiger partial charge in [-0.05, 0) is 39.1 Å². The zero-order valence-electron chi connectivity index (χ0n) is 12.4. The molecule has 1 atom stereocenters. The van der Waals surface area contributed by atoms with Gasteiger partial charge in [-0.15, -0.1) is 0 Å². The van der Waals surface area contributed by atoms with Gasteiger partial charge in [-0.1, -0.05) is 0 Å². The standard InChI is InChI=1S/C15H23N3O2/c1-4-20-15(19)12-5-6-13(16)14(9-12)18-8-7-17(3)11(2)10-18/h5-6,9,11H,4,7-8,10,16H2,1-3H3. The molecule has 0 aromatic heterocycles. The van der Waals surface area contributed by atoms with Gasteiger partial charge in [0.25, 0.3) is 0 Å². The van der Waals surface area contributed by atoms with Crippen molar-refractivity contribution in [1.29, 1.82) is 0 Å². The lowest BCUT2D eigenvalue weighted by atomic mass is 10.1. The van der Waals surface area contributed by atoms with E-state index < -0.39 is 0 Å². The number of nitrogens with two attached hydrogens (primary N) is 1. The molecule has 0 radical (unpaired) electrons. The van der Waals surface area contributed by atoms with E-state index in [0.717, 1.165) is 25.3 Å². The molecule has 20 heavy (non-hydrogen) atoms. The molecule has 1 saturated heterocycles. The predicted molar refractivity (Wildman–Crippen MR) is 81.1 cm³/mol. The molecule has 2 N–H and O–H groups in total. The molecule has 1 fully saturated rings. The highest BCUT2D eigenvalue weighted by atomic mass is 16.5. The van der Waals surface area contributed by atoms with E-state index in [0.29, 0.717) is 23.9 Å². The molecule has 110 valence electrons. The maximum atomic E-state index is 11.8. The molecule has 1 aromatic carbocycles. The number of carbonyl (C=O) groups excluding carboxylic acids is 1. The van der Waals surface area contributed by atoms with Gasteiger partial charge >= 0.3 is 5.97 Å². The van der Waals surface area contributed by atoms with Gasteiger partial charge in [0, 0.05) is 25.7 Å². The van der Waals surface area contributed by atoms with E-state index in [-0.39, 0.29) is 5.97 Å². The van der Waals surface area contributed by atoms with Crippen LogP contribution in [0.5, 0.6) is 0 Å². The van der Waals surface area contributed by atoms with Gasteiger partial charge in [-0.2, -0.15) is 0 Å². The van der Waals surface area contributed by atoms with Crippen molar-refractivity contribution in [3.05, 3.63) is 23.8 Å². The van der Waals surface area contributed by atoms with Gasteiger partial charge in [0.15, 0.2) is 0 Å². The van der Waals surface area contributed by atoms with Crippen molar-refractivity contribution < 1.29 is 9.53 Å². The zero-order chi connectivity index (χ0) is 14.7. The maximum absolute atomic E-state index is 11.8. The van der Waals surface area contributed by atoms with Gasteiger partial charge in [0.05, 0.1) is 23.5 Å². The third-order valence-electron chi connectivity index (χ3n) is 3.84. The van der Waals surface area contributed by atoms with Crippen molar-refractivity contribution in [2.24, 2.45) is 0 Å². The molecular weight excluding hydrogens is 254 g/mol. The van der Waals surface area contributed by atoms with Crippen LogP contribution in [0.25, 0.3) is 0 Å². The lowest BCUT2D eigenvalue weighted by Gasteiger charge is -2.39. The number of likely N-dealkylation sites (N-methyl/N-ethyl adjacent to an activating group) is 1. The zero-order valence-corrected chi connectivity index (χ0v) is 12.4. The summed E-state index contributed by atoms with van der Waals surface area (Å²) in [6.45, 7) is 7.19. The molecule has 2 rings (SSSR count). The first kappa shape index (κ1) is 14.7. The second-order valence-electron chi connectivity index (χ2n) is 5.27. The van der Waals surface area contributed by atoms with Gasteiger partial charge in [-0.3, -0.25) is 0 Å². The minimum Gasteiger partial charge on any atom is -0.462 e. The Morgan fingerprint density at radius 3 is 2.85 bits per heavy atom. The first-order chi connectivity index (χ1) is 9.52. The summed E-state index contributed by atoms with van der Waals surface area (Å²) in [7, 11) is 2.13. The number of esters is 1. The molecule has 1 aromatic rings. The average molecular weight is 277 g/mol. The summed E-state index contributed by atoms with van der Waals surface area (Å²) in [5.74, 6) is -0.295. The van der Waals surface area contributed by atoms with Crippen molar-refractivity contribution >= 4 is 17.3 Å². The van der Waals surface area contributed by atoms with Gasteiger partial charge < -0.3 is 20.3 Å². The Morgan fingerprint density at radius 2 is 2.20 bits per heavy atom. The van der Waals surface area contributed by atoms with Crippen LogP contribution in [0.1, 0.15) is 24.2 Å². The molecule has 1 aliphatic heterocycles. The van der Waals surface area contributed by atoms with Crippen molar-refractivity contribution in [1.82, 2.24) is 4.90 Å². The molecular formula is C15H23N3O2. The first-order valence-electron chi connectivity index (χ1n) is 7.04. The quantitative estimate of drug-likeness (QED) is 0.671. The minimum absolute atomic E-state index is 0.295. The van der Waals surface area contributed by atoms with Crippen LogP contribution >= 0.6 is 0 Å². The Morgan fingerprint density at radius 1 is 1.45 bits per heavy atom. The van der Waals surface area contributed by atoms with Crippen molar-refractivity contribution in [2.45, 2.75) is 19.9 Å². The second-order valence-corrected chi connectivity index (χ2v) is 5.27. The molecule has 1 unspecified atom stereocenters. The fourth-order valence-corrected chi connectivity index (χ4v) is 2.43. The monoisotopic (exact) mass is 277 g/mol. The molecule has 0 aliphatic carbocycles. The van der Waals surface area contributed by atoms with E-state index in [1.807, 2.05) is 6.07 Å². The van der Waals surface area contributed by atoms with E-state index in [9.17, 15) is 4.79 Å². The highest BCUT2D eigenvalue weighted by molar-refractivity contribution is 5.92. The fourth-order valence-electron chi connectivity index (χ4n) is 2.43. The summed E-state index contributed by atoms with van der Waals surface area (Å²) >= 11 is 0. The number of piperazine rings is 1. The molecule has 1 aliphatic rings. The normalized spacial score (nSPS) is 19.9. The lowest BCUT2D eigenvalue weighted by molar-refractivity contribution is 0.0526. The average Bonchev–Trinajstić information content (AvgIpc) is 2.43. The SMILES string of the molecule is CCOC(=O)c1ccc(N)c(N2CCN(C)C(C)C2)c1. The third kappa shape index (κ3) is 3.04. The van der Waals surface area contributed by atoms with Crippen molar-refractivity contribution in [3.8, 4) is 0 Å². The van der Waals surface area contributed by atoms with E-state index >= 15 is 0 Å². The van der Waals surface area contributed by atoms with Crippen LogP contribution in [0.15, 0.2) is 18.2 Å². The maximum Gasteiger partial charge on any atom is 0.338 e. The molecule has 0 spiro atoms. The number of carbonyl (C=O) groups is 1. The van der Waals surface area contributed by atoms with Crippen LogP contribution in [-0.2, 0) is 4.74 Å². The highest BCUT2D eigenvalue weighted by Gasteiger charge is 2.23. The highest BCUT2D eigenvalue weighted by Crippen LogP contribution is 2.27. The van der Waals surface area contributed by atoms with E-state index in [4.69, 9.17) is 10.5 Å². The number of anilines is 2. The Bertz CT molecular complexity index is 490. The van der Waals surface area contributed by atoms with Gasteiger partial charge in [0.1, 0.15) is 0 Å². The molecule has 0 bridgehead atoms. The topological polar surface area (TPSA) is 58.8 Å². The summed E-state index contributed by atoms with van der Waals surface area (Å²) in [6, 6.07) is 5.81. The number of hydrogen-bond acceptors (Lipinski definition) is 5. The minimum atomic E-state index is -0.295. The first-order valence-corrected chi connectivity index (χ1v) is 7.04. The Hall–Kier alpha value is -1.75. The number of rotatable bonds is 3. The Balaban J connectivity index is 2.22. The van der Waals surface area contributed by atoms with Crippen molar-refractivity contribution in [2.75, 3.05) is 43.9 Å². The Kier molecular flexibility index (Phi) is 4.49. The third-order valence-corrected chi connectivity index (χ3v) is 3.84. The Labute approximate surface area is 120 Å². The summed E-state index contributed by atoms with van der Waals surface area (Å²) in [6.07, 6.45) is 0. The largest absolute Gasteiger partial charge is 0.462 e. The number of hydrogen-bond donors (Lipinski definition) is 1. The van der Waals surface area contributed by atoms with Gasteiger partial charge in [-0.25, -0.2) is 4.79 Å². The molecule has 5 heteroatoms. The number of ether oxygens (including phenoxy) is 1.